The maximum atomic E-state index is 12.7. The average Bonchev–Trinajstić information content (AvgIpc) is 3.00. The number of carbonyl (C=O) groups excluding carboxylic acids is 1. The Balaban J connectivity index is 2.40. The third-order valence-corrected chi connectivity index (χ3v) is 8.02. The standard InChI is InChI=1S/C34H63NO8/c1-3-5-7-9-10-11-12-13-14-15-16-17-18-20-22-24-30(38)35-27(28(37)23-21-19-8-6-4-2)26-42-34-33(41)32(40)31(39)29(25-36)43-34/h13-14,21,23,27-29,31-34,36-37,39-41H,3-12,15-20,22,24-26H2,1-2H3,(H,35,38)/b14-13-,23-21+. The molecular formula is C34H63NO8. The summed E-state index contributed by atoms with van der Waals surface area (Å²) in [5.41, 5.74) is 0. The van der Waals surface area contributed by atoms with Crippen LogP contribution in [0.4, 0.5) is 0 Å². The van der Waals surface area contributed by atoms with Gasteiger partial charge in [0.2, 0.25) is 5.91 Å². The van der Waals surface area contributed by atoms with Crippen LogP contribution in [0.3, 0.4) is 0 Å². The Bertz CT molecular complexity index is 731. The number of aliphatic hydroxyl groups excluding tert-OH is 5. The summed E-state index contributed by atoms with van der Waals surface area (Å²) in [6, 6.07) is -0.801. The second-order valence-electron chi connectivity index (χ2n) is 12.0. The molecule has 1 fully saturated rings. The van der Waals surface area contributed by atoms with Crippen molar-refractivity contribution < 1.29 is 39.8 Å². The topological polar surface area (TPSA) is 149 Å². The van der Waals surface area contributed by atoms with E-state index in [1.54, 1.807) is 6.08 Å². The molecule has 0 aliphatic carbocycles. The molecule has 0 aromatic carbocycles. The van der Waals surface area contributed by atoms with Gasteiger partial charge in [0.1, 0.15) is 24.4 Å². The molecule has 1 rings (SSSR count). The molecule has 1 aliphatic heterocycles. The SMILES string of the molecule is CCCCC/C=C/C(O)C(COC1OC(CO)C(O)C(O)C1O)NC(=O)CCCCCCC/C=C\CCCCCCCC. The van der Waals surface area contributed by atoms with E-state index in [1.807, 2.05) is 6.08 Å². The lowest BCUT2D eigenvalue weighted by atomic mass is 9.99. The first-order chi connectivity index (χ1) is 20.8. The molecule has 0 saturated carbocycles. The van der Waals surface area contributed by atoms with Crippen molar-refractivity contribution in [1.29, 1.82) is 0 Å². The van der Waals surface area contributed by atoms with Crippen molar-refractivity contribution in [3.63, 3.8) is 0 Å². The molecule has 7 unspecified atom stereocenters. The number of aliphatic hydroxyl groups is 5. The van der Waals surface area contributed by atoms with Crippen molar-refractivity contribution >= 4 is 5.91 Å². The maximum Gasteiger partial charge on any atom is 0.220 e. The number of nitrogens with one attached hydrogen (secondary N) is 1. The zero-order valence-electron chi connectivity index (χ0n) is 27.0. The van der Waals surface area contributed by atoms with E-state index in [1.165, 1.54) is 44.9 Å². The molecule has 0 bridgehead atoms. The Morgan fingerprint density at radius 1 is 0.767 bits per heavy atom. The number of allylic oxidation sites excluding steroid dienone is 3. The van der Waals surface area contributed by atoms with Gasteiger partial charge in [0.15, 0.2) is 6.29 Å². The predicted molar refractivity (Wildman–Crippen MR) is 170 cm³/mol. The summed E-state index contributed by atoms with van der Waals surface area (Å²) in [6.07, 6.45) is 19.8. The van der Waals surface area contributed by atoms with Crippen LogP contribution in [-0.4, -0.2) is 87.5 Å². The third-order valence-electron chi connectivity index (χ3n) is 8.02. The Hall–Kier alpha value is -1.33. The Morgan fingerprint density at radius 2 is 1.30 bits per heavy atom. The second-order valence-corrected chi connectivity index (χ2v) is 12.0. The van der Waals surface area contributed by atoms with Gasteiger partial charge >= 0.3 is 0 Å². The molecule has 0 spiro atoms. The van der Waals surface area contributed by atoms with E-state index in [9.17, 15) is 30.3 Å². The molecule has 252 valence electrons. The quantitative estimate of drug-likeness (QED) is 0.0601. The number of ether oxygens (including phenoxy) is 2. The van der Waals surface area contributed by atoms with Crippen molar-refractivity contribution in [2.75, 3.05) is 13.2 Å². The highest BCUT2D eigenvalue weighted by molar-refractivity contribution is 5.76. The van der Waals surface area contributed by atoms with E-state index in [0.717, 1.165) is 64.2 Å². The van der Waals surface area contributed by atoms with Crippen molar-refractivity contribution in [2.45, 2.75) is 172 Å². The Labute approximate surface area is 260 Å². The highest BCUT2D eigenvalue weighted by Crippen LogP contribution is 2.22. The van der Waals surface area contributed by atoms with E-state index in [0.29, 0.717) is 6.42 Å². The number of carbonyl (C=O) groups is 1. The first-order valence-corrected chi connectivity index (χ1v) is 17.1. The summed E-state index contributed by atoms with van der Waals surface area (Å²) in [6.45, 7) is 3.61. The van der Waals surface area contributed by atoms with Crippen LogP contribution in [0.2, 0.25) is 0 Å². The van der Waals surface area contributed by atoms with Gasteiger partial charge in [-0.05, 0) is 44.9 Å². The second kappa shape index (κ2) is 25.9. The number of hydrogen-bond acceptors (Lipinski definition) is 8. The lowest BCUT2D eigenvalue weighted by Crippen LogP contribution is -2.60. The monoisotopic (exact) mass is 613 g/mol. The zero-order chi connectivity index (χ0) is 31.7. The fraction of sp³-hybridized carbons (Fsp3) is 0.853. The molecule has 7 atom stereocenters. The van der Waals surface area contributed by atoms with E-state index < -0.39 is 49.5 Å². The van der Waals surface area contributed by atoms with Crippen molar-refractivity contribution in [3.05, 3.63) is 24.3 Å². The molecule has 9 nitrogen and oxygen atoms in total. The molecule has 1 saturated heterocycles. The fourth-order valence-electron chi connectivity index (χ4n) is 5.15. The molecule has 1 amide bonds. The Kier molecular flexibility index (Phi) is 23.9. The van der Waals surface area contributed by atoms with Crippen LogP contribution in [0.15, 0.2) is 24.3 Å². The molecule has 0 radical (unpaired) electrons. The van der Waals surface area contributed by atoms with Gasteiger partial charge in [-0.25, -0.2) is 0 Å². The molecule has 1 aliphatic rings. The summed E-state index contributed by atoms with van der Waals surface area (Å²) in [5, 5.41) is 53.3. The van der Waals surface area contributed by atoms with Crippen molar-refractivity contribution in [2.24, 2.45) is 0 Å². The average molecular weight is 614 g/mol. The largest absolute Gasteiger partial charge is 0.394 e. The first-order valence-electron chi connectivity index (χ1n) is 17.1. The van der Waals surface area contributed by atoms with Gasteiger partial charge in [-0.3, -0.25) is 4.79 Å². The smallest absolute Gasteiger partial charge is 0.220 e. The molecular weight excluding hydrogens is 550 g/mol. The van der Waals surface area contributed by atoms with Crippen LogP contribution in [0.1, 0.15) is 129 Å². The minimum Gasteiger partial charge on any atom is -0.394 e. The van der Waals surface area contributed by atoms with Gasteiger partial charge in [0.05, 0.1) is 25.4 Å². The summed E-state index contributed by atoms with van der Waals surface area (Å²) in [7, 11) is 0. The molecule has 1 heterocycles. The first kappa shape index (κ1) is 39.7. The normalized spacial score (nSPS) is 24.1. The minimum absolute atomic E-state index is 0.193. The zero-order valence-corrected chi connectivity index (χ0v) is 27.0. The lowest BCUT2D eigenvalue weighted by molar-refractivity contribution is -0.302. The highest BCUT2D eigenvalue weighted by Gasteiger charge is 2.44. The van der Waals surface area contributed by atoms with Crippen molar-refractivity contribution in [1.82, 2.24) is 5.32 Å². The molecule has 0 aromatic heterocycles. The summed E-state index contributed by atoms with van der Waals surface area (Å²) < 4.78 is 11.0. The van der Waals surface area contributed by atoms with Crippen LogP contribution in [0.5, 0.6) is 0 Å². The van der Waals surface area contributed by atoms with Gasteiger partial charge in [-0.2, -0.15) is 0 Å². The molecule has 6 N–H and O–H groups in total. The van der Waals surface area contributed by atoms with Gasteiger partial charge in [0, 0.05) is 6.42 Å². The van der Waals surface area contributed by atoms with Gasteiger partial charge in [0.25, 0.3) is 0 Å². The molecule has 9 heteroatoms. The predicted octanol–water partition coefficient (Wildman–Crippen LogP) is 4.82. The van der Waals surface area contributed by atoms with Crippen LogP contribution < -0.4 is 5.32 Å². The van der Waals surface area contributed by atoms with Crippen LogP contribution in [0.25, 0.3) is 0 Å². The number of amides is 1. The van der Waals surface area contributed by atoms with Crippen molar-refractivity contribution in [3.8, 4) is 0 Å². The summed E-state index contributed by atoms with van der Waals surface area (Å²) >= 11 is 0. The summed E-state index contributed by atoms with van der Waals surface area (Å²) in [5.74, 6) is -0.196. The van der Waals surface area contributed by atoms with E-state index >= 15 is 0 Å². The van der Waals surface area contributed by atoms with Crippen LogP contribution >= 0.6 is 0 Å². The molecule has 0 aromatic rings. The fourth-order valence-corrected chi connectivity index (χ4v) is 5.15. The van der Waals surface area contributed by atoms with Crippen LogP contribution in [-0.2, 0) is 14.3 Å². The third kappa shape index (κ3) is 18.3. The van der Waals surface area contributed by atoms with E-state index in [-0.39, 0.29) is 12.5 Å². The van der Waals surface area contributed by atoms with E-state index in [4.69, 9.17) is 9.47 Å². The van der Waals surface area contributed by atoms with Gasteiger partial charge < -0.3 is 40.3 Å². The number of rotatable bonds is 26. The molecule has 43 heavy (non-hydrogen) atoms. The Morgan fingerprint density at radius 3 is 1.93 bits per heavy atom. The number of hydrogen-bond donors (Lipinski definition) is 6. The van der Waals surface area contributed by atoms with Gasteiger partial charge in [-0.1, -0.05) is 102 Å². The lowest BCUT2D eigenvalue weighted by Gasteiger charge is -2.40. The van der Waals surface area contributed by atoms with Gasteiger partial charge in [-0.15, -0.1) is 0 Å². The minimum atomic E-state index is -1.56. The van der Waals surface area contributed by atoms with Crippen LogP contribution in [0, 0.1) is 0 Å². The number of unbranched alkanes of at least 4 members (excludes halogenated alkanes) is 14. The summed E-state index contributed by atoms with van der Waals surface area (Å²) in [4.78, 5) is 12.7. The van der Waals surface area contributed by atoms with E-state index in [2.05, 4.69) is 31.3 Å². The highest BCUT2D eigenvalue weighted by atomic mass is 16.7. The maximum absolute atomic E-state index is 12.7.